The van der Waals surface area contributed by atoms with Crippen molar-refractivity contribution in [1.82, 2.24) is 9.97 Å². The summed E-state index contributed by atoms with van der Waals surface area (Å²) >= 11 is 0. The molecule has 6 heteroatoms. The Hall–Kier alpha value is -3.54. The topological polar surface area (TPSA) is 112 Å². The number of hydrogen-bond acceptors (Lipinski definition) is 3. The molecule has 2 aromatic heterocycles. The second-order valence-electron chi connectivity index (χ2n) is 5.85. The maximum absolute atomic E-state index is 11.9. The summed E-state index contributed by atoms with van der Waals surface area (Å²) in [4.78, 5) is 27.2. The number of fused-ring (bicyclic) bond motifs is 3. The molecule has 0 spiro atoms. The van der Waals surface area contributed by atoms with Gasteiger partial charge in [-0.05, 0) is 41.5 Å². The molecule has 0 unspecified atom stereocenters. The van der Waals surface area contributed by atoms with Gasteiger partial charge in [0.2, 0.25) is 0 Å². The van der Waals surface area contributed by atoms with Crippen molar-refractivity contribution in [3.8, 4) is 11.1 Å². The zero-order chi connectivity index (χ0) is 18.7. The number of aromatic amines is 2. The molecule has 0 radical (unpaired) electrons. The Morgan fingerprint density at radius 2 is 1.69 bits per heavy atom. The van der Waals surface area contributed by atoms with Crippen molar-refractivity contribution in [2.75, 3.05) is 5.73 Å². The second-order valence-corrected chi connectivity index (χ2v) is 5.85. The van der Waals surface area contributed by atoms with Gasteiger partial charge in [0.1, 0.15) is 5.52 Å². The van der Waals surface area contributed by atoms with Crippen LogP contribution in [0.15, 0.2) is 59.5 Å². The van der Waals surface area contributed by atoms with E-state index in [1.165, 1.54) is 0 Å². The normalized spacial score (nSPS) is 10.5. The van der Waals surface area contributed by atoms with Gasteiger partial charge in [0, 0.05) is 34.6 Å². The van der Waals surface area contributed by atoms with Gasteiger partial charge in [-0.1, -0.05) is 25.1 Å². The van der Waals surface area contributed by atoms with Gasteiger partial charge in [-0.25, -0.2) is 0 Å². The molecule has 0 aliphatic carbocycles. The van der Waals surface area contributed by atoms with Crippen LogP contribution in [0, 0.1) is 0 Å². The van der Waals surface area contributed by atoms with Gasteiger partial charge in [-0.15, -0.1) is 0 Å². The van der Waals surface area contributed by atoms with E-state index in [4.69, 9.17) is 10.8 Å². The fourth-order valence-corrected chi connectivity index (χ4v) is 2.70. The summed E-state index contributed by atoms with van der Waals surface area (Å²) < 4.78 is 0. The Morgan fingerprint density at radius 3 is 2.35 bits per heavy atom. The Bertz CT molecular complexity index is 1120. The van der Waals surface area contributed by atoms with Crippen LogP contribution in [-0.2, 0) is 4.79 Å². The quantitative estimate of drug-likeness (QED) is 0.413. The van der Waals surface area contributed by atoms with Crippen LogP contribution in [-0.4, -0.2) is 21.0 Å². The number of nitrogen functional groups attached to an aromatic ring is 1. The van der Waals surface area contributed by atoms with Crippen molar-refractivity contribution in [2.45, 2.75) is 13.3 Å². The molecule has 2 aromatic carbocycles. The van der Waals surface area contributed by atoms with Crippen molar-refractivity contribution in [3.63, 3.8) is 0 Å². The van der Waals surface area contributed by atoms with E-state index in [1.807, 2.05) is 42.5 Å². The molecule has 0 saturated carbocycles. The van der Waals surface area contributed by atoms with E-state index in [-0.39, 0.29) is 12.0 Å². The third-order valence-corrected chi connectivity index (χ3v) is 4.08. The second kappa shape index (κ2) is 7.14. The highest BCUT2D eigenvalue weighted by Crippen LogP contribution is 2.27. The molecule has 0 amide bonds. The monoisotopic (exact) mass is 349 g/mol. The lowest BCUT2D eigenvalue weighted by atomic mass is 10.0. The number of aliphatic carboxylic acids is 1. The standard InChI is InChI=1S/C17H13N3O.C3H6O2/c18-12-4-1-10(2-5-12)11-3-6-15-14(9-11)13-7-8-19-16(13)17(21)20-15;1-2-3(4)5/h1-9,19H,18H2,(H,20,21);2H2,1H3,(H,4,5). The smallest absolute Gasteiger partial charge is 0.303 e. The molecule has 0 aliphatic heterocycles. The van der Waals surface area contributed by atoms with Gasteiger partial charge in [0.25, 0.3) is 5.56 Å². The van der Waals surface area contributed by atoms with Crippen LogP contribution in [0.3, 0.4) is 0 Å². The van der Waals surface area contributed by atoms with Gasteiger partial charge >= 0.3 is 5.97 Å². The number of anilines is 1. The number of nitrogens with one attached hydrogen (secondary N) is 2. The first kappa shape index (κ1) is 17.3. The Morgan fingerprint density at radius 1 is 1.04 bits per heavy atom. The number of carboxylic acids is 1. The van der Waals surface area contributed by atoms with Crippen molar-refractivity contribution in [1.29, 1.82) is 0 Å². The van der Waals surface area contributed by atoms with Crippen molar-refractivity contribution >= 4 is 33.5 Å². The lowest BCUT2D eigenvalue weighted by Crippen LogP contribution is -2.05. The number of nitrogens with two attached hydrogens (primary N) is 1. The molecule has 2 heterocycles. The molecule has 0 atom stereocenters. The molecule has 6 nitrogen and oxygen atoms in total. The minimum atomic E-state index is -0.745. The number of rotatable bonds is 2. The molecular formula is C20H19N3O3. The number of pyridine rings is 1. The van der Waals surface area contributed by atoms with Gasteiger partial charge in [0.05, 0.1) is 0 Å². The first-order chi connectivity index (χ1) is 12.5. The summed E-state index contributed by atoms with van der Waals surface area (Å²) in [7, 11) is 0. The van der Waals surface area contributed by atoms with Crippen LogP contribution in [0.25, 0.3) is 32.9 Å². The molecule has 0 bridgehead atoms. The molecule has 4 aromatic rings. The highest BCUT2D eigenvalue weighted by Gasteiger charge is 2.07. The fourth-order valence-electron chi connectivity index (χ4n) is 2.70. The number of hydrogen-bond donors (Lipinski definition) is 4. The summed E-state index contributed by atoms with van der Waals surface area (Å²) in [5.74, 6) is -0.745. The zero-order valence-electron chi connectivity index (χ0n) is 14.2. The third kappa shape index (κ3) is 3.44. The van der Waals surface area contributed by atoms with E-state index in [1.54, 1.807) is 13.1 Å². The molecule has 0 saturated heterocycles. The number of carbonyl (C=O) groups is 1. The van der Waals surface area contributed by atoms with Crippen LogP contribution in [0.1, 0.15) is 13.3 Å². The van der Waals surface area contributed by atoms with Gasteiger partial charge in [0.15, 0.2) is 0 Å². The largest absolute Gasteiger partial charge is 0.481 e. The lowest BCUT2D eigenvalue weighted by Gasteiger charge is -2.06. The van der Waals surface area contributed by atoms with Crippen LogP contribution in [0.4, 0.5) is 5.69 Å². The number of benzene rings is 2. The summed E-state index contributed by atoms with van der Waals surface area (Å²) in [5, 5.41) is 9.69. The van der Waals surface area contributed by atoms with Gasteiger partial charge in [-0.2, -0.15) is 0 Å². The third-order valence-electron chi connectivity index (χ3n) is 4.08. The molecule has 26 heavy (non-hydrogen) atoms. The molecule has 4 rings (SSSR count). The molecule has 132 valence electrons. The van der Waals surface area contributed by atoms with Gasteiger partial charge < -0.3 is 20.8 Å². The van der Waals surface area contributed by atoms with Crippen LogP contribution < -0.4 is 11.3 Å². The number of aromatic nitrogens is 2. The SMILES string of the molecule is CCC(=O)O.Nc1ccc(-c2ccc3[nH]c(=O)c4[nH]ccc4c3c2)cc1. The summed E-state index contributed by atoms with van der Waals surface area (Å²) in [5.41, 5.74) is 10.0. The van der Waals surface area contributed by atoms with Crippen molar-refractivity contribution in [2.24, 2.45) is 0 Å². The lowest BCUT2D eigenvalue weighted by molar-refractivity contribution is -0.136. The van der Waals surface area contributed by atoms with Crippen LogP contribution in [0.5, 0.6) is 0 Å². The number of carboxylic acid groups (broad SMARTS) is 1. The first-order valence-electron chi connectivity index (χ1n) is 8.20. The molecule has 0 aliphatic rings. The van der Waals surface area contributed by atoms with Crippen LogP contribution >= 0.6 is 0 Å². The maximum Gasteiger partial charge on any atom is 0.303 e. The van der Waals surface area contributed by atoms with Crippen molar-refractivity contribution < 1.29 is 9.90 Å². The average Bonchev–Trinajstić information content (AvgIpc) is 3.14. The van der Waals surface area contributed by atoms with E-state index in [0.717, 1.165) is 33.1 Å². The summed E-state index contributed by atoms with van der Waals surface area (Å²) in [6, 6.07) is 15.7. The van der Waals surface area contributed by atoms with E-state index in [2.05, 4.69) is 16.0 Å². The van der Waals surface area contributed by atoms with Gasteiger partial charge in [-0.3, -0.25) is 9.59 Å². The average molecular weight is 349 g/mol. The zero-order valence-corrected chi connectivity index (χ0v) is 14.2. The highest BCUT2D eigenvalue weighted by molar-refractivity contribution is 6.05. The maximum atomic E-state index is 11.9. The molecular weight excluding hydrogens is 330 g/mol. The molecule has 0 fully saturated rings. The Kier molecular flexibility index (Phi) is 4.75. The number of H-pyrrole nitrogens is 2. The predicted octanol–water partition coefficient (Wildman–Crippen LogP) is 3.74. The minimum absolute atomic E-state index is 0.0947. The van der Waals surface area contributed by atoms with E-state index in [0.29, 0.717) is 5.52 Å². The van der Waals surface area contributed by atoms with Crippen LogP contribution in [0.2, 0.25) is 0 Å². The Balaban J connectivity index is 0.000000349. The minimum Gasteiger partial charge on any atom is -0.481 e. The van der Waals surface area contributed by atoms with E-state index < -0.39 is 5.97 Å². The summed E-state index contributed by atoms with van der Waals surface area (Å²) in [6.45, 7) is 1.60. The Labute approximate surface area is 149 Å². The van der Waals surface area contributed by atoms with Crippen molar-refractivity contribution in [3.05, 3.63) is 65.1 Å². The highest BCUT2D eigenvalue weighted by atomic mass is 16.4. The van der Waals surface area contributed by atoms with E-state index in [9.17, 15) is 9.59 Å². The molecule has 5 N–H and O–H groups in total. The fraction of sp³-hybridized carbons (Fsp3) is 0.100. The van der Waals surface area contributed by atoms with E-state index >= 15 is 0 Å². The summed E-state index contributed by atoms with van der Waals surface area (Å²) in [6.07, 6.45) is 2.01. The first-order valence-corrected chi connectivity index (χ1v) is 8.20. The predicted molar refractivity (Wildman–Crippen MR) is 104 cm³/mol.